The summed E-state index contributed by atoms with van der Waals surface area (Å²) in [5.41, 5.74) is 17.9. The van der Waals surface area contributed by atoms with Gasteiger partial charge in [0.25, 0.3) is 0 Å². The van der Waals surface area contributed by atoms with Crippen LogP contribution in [0, 0.1) is 5.92 Å². The SMILES string of the molecule is CCCC(=O)N[C@@H](Cc1ccc(O)cc1)C(=O)CCCCCCC(=O)NC(CSC1CC(=O)N(CCC(=O)NCCCCC2CC(=O)[C@@H](Cc3ccccc3)NC(=O)[C@@H](CC(=O)O)NC(=O)CNC(=O)[C@H](CCCN=C(N)N)NC2=O)C1=O)C(N)=O. The number of guanidine groups is 1. The third-order valence-corrected chi connectivity index (χ3v) is 15.5. The number of phenols is 1. The average molecular weight is 1220 g/mol. The standard InChI is InChI=1S/C58H82N12O15S/c1-2-13-48(75)65-40(29-36-20-22-38(71)23-21-36)44(72)18-8-3-4-9-19-49(76)67-43(53(59)81)34-86-46-32-51(78)70(57(46)85)27-24-47(74)62-25-11-10-16-37-30-45(73)41(28-35-14-6-5-7-15-35)69-56(84)42(31-52(79)80)66-50(77)33-64-55(83)39(68-54(37)82)17-12-26-63-58(60)61/h5-7,14-15,20-23,37,39-43,46,71H,2-4,8-13,16-19,24-34H2,1H3,(H2,59,81)(H,62,74)(H,64,83)(H,65,75)(H,66,77)(H,67,76)(H,68,82)(H,69,84)(H,79,80)(H4,60,61,63)/t37?,39-,40-,41+,42+,43?,46?/m0/s1. The van der Waals surface area contributed by atoms with Gasteiger partial charge >= 0.3 is 5.97 Å². The van der Waals surface area contributed by atoms with Gasteiger partial charge in [0, 0.05) is 69.8 Å². The number of nitrogens with one attached hydrogen (secondary N) is 7. The smallest absolute Gasteiger partial charge is 0.305 e. The van der Waals surface area contributed by atoms with Crippen LogP contribution in [0.15, 0.2) is 59.6 Å². The molecule has 2 aliphatic rings. The normalized spacial score (nSPS) is 19.3. The van der Waals surface area contributed by atoms with Crippen molar-refractivity contribution < 1.29 is 72.5 Å². The van der Waals surface area contributed by atoms with Gasteiger partial charge in [-0.1, -0.05) is 68.7 Å². The summed E-state index contributed by atoms with van der Waals surface area (Å²) in [5.74, 6) is -9.95. The van der Waals surface area contributed by atoms with E-state index in [2.05, 4.69) is 42.2 Å². The van der Waals surface area contributed by atoms with Crippen LogP contribution in [0.4, 0.5) is 0 Å². The number of aliphatic carboxylic acids is 1. The van der Waals surface area contributed by atoms with Crippen molar-refractivity contribution in [2.24, 2.45) is 28.1 Å². The van der Waals surface area contributed by atoms with Crippen molar-refractivity contribution in [3.05, 3.63) is 65.7 Å². The molecule has 0 bridgehead atoms. The molecule has 2 aliphatic heterocycles. The van der Waals surface area contributed by atoms with Crippen LogP contribution in [0.25, 0.3) is 0 Å². The molecule has 7 atom stereocenters. The first-order valence-electron chi connectivity index (χ1n) is 29.0. The van der Waals surface area contributed by atoms with Crippen molar-refractivity contribution in [2.45, 2.75) is 164 Å². The van der Waals surface area contributed by atoms with E-state index in [1.807, 2.05) is 6.92 Å². The lowest BCUT2D eigenvalue weighted by Gasteiger charge is -2.24. The number of likely N-dealkylation sites (tertiary alicyclic amines) is 1. The summed E-state index contributed by atoms with van der Waals surface area (Å²) in [6.45, 7) is 1.11. The summed E-state index contributed by atoms with van der Waals surface area (Å²) in [7, 11) is 0. The highest BCUT2D eigenvalue weighted by Gasteiger charge is 2.40. The first-order chi connectivity index (χ1) is 41.0. The molecule has 0 aromatic heterocycles. The van der Waals surface area contributed by atoms with Crippen LogP contribution in [-0.4, -0.2) is 165 Å². The Balaban J connectivity index is 1.26. The summed E-state index contributed by atoms with van der Waals surface area (Å²) in [4.78, 5) is 175. The molecule has 2 aromatic rings. The number of carbonyl (C=O) groups is 13. The van der Waals surface area contributed by atoms with Crippen molar-refractivity contribution in [3.63, 3.8) is 0 Å². The molecule has 0 spiro atoms. The van der Waals surface area contributed by atoms with Crippen LogP contribution >= 0.6 is 11.8 Å². The third-order valence-electron chi connectivity index (χ3n) is 14.2. The van der Waals surface area contributed by atoms with E-state index in [1.165, 1.54) is 12.1 Å². The van der Waals surface area contributed by atoms with Crippen molar-refractivity contribution >= 4 is 94.3 Å². The fourth-order valence-corrected chi connectivity index (χ4v) is 10.7. The zero-order valence-electron chi connectivity index (χ0n) is 48.4. The Morgan fingerprint density at radius 1 is 0.698 bits per heavy atom. The molecule has 15 N–H and O–H groups in total. The monoisotopic (exact) mass is 1220 g/mol. The van der Waals surface area contributed by atoms with Crippen LogP contribution in [0.5, 0.6) is 5.75 Å². The summed E-state index contributed by atoms with van der Waals surface area (Å²) in [5, 5.41) is 36.4. The Morgan fingerprint density at radius 2 is 1.37 bits per heavy atom. The number of hydrogen-bond donors (Lipinski definition) is 12. The number of thioether (sulfide) groups is 1. The minimum absolute atomic E-state index is 0.00117. The van der Waals surface area contributed by atoms with E-state index >= 15 is 0 Å². The zero-order valence-corrected chi connectivity index (χ0v) is 49.3. The lowest BCUT2D eigenvalue weighted by atomic mass is 9.90. The second kappa shape index (κ2) is 37.1. The molecular weight excluding hydrogens is 1140 g/mol. The van der Waals surface area contributed by atoms with Gasteiger partial charge in [0.2, 0.25) is 59.1 Å². The highest BCUT2D eigenvalue weighted by Crippen LogP contribution is 2.26. The topological polar surface area (TPSA) is 440 Å². The second-order valence-corrected chi connectivity index (χ2v) is 22.4. The number of aliphatic imine (C=N–C) groups is 1. The van der Waals surface area contributed by atoms with E-state index in [1.54, 1.807) is 42.5 Å². The summed E-state index contributed by atoms with van der Waals surface area (Å²) >= 11 is 0.975. The third kappa shape index (κ3) is 25.8. The maximum absolute atomic E-state index is 14.2. The molecule has 3 unspecified atom stereocenters. The quantitative estimate of drug-likeness (QED) is 0.0183. The van der Waals surface area contributed by atoms with E-state index < -0.39 is 126 Å². The Bertz CT molecular complexity index is 2730. The van der Waals surface area contributed by atoms with Gasteiger partial charge < -0.3 is 64.6 Å². The van der Waals surface area contributed by atoms with Gasteiger partial charge in [0.1, 0.15) is 23.9 Å². The molecule has 0 saturated carbocycles. The number of rotatable bonds is 34. The average Bonchev–Trinajstić information content (AvgIpc) is 3.45. The van der Waals surface area contributed by atoms with Crippen molar-refractivity contribution in [1.29, 1.82) is 0 Å². The number of carboxylic acid groups (broad SMARTS) is 1. The highest BCUT2D eigenvalue weighted by molar-refractivity contribution is 8.00. The molecule has 0 aliphatic carbocycles. The fourth-order valence-electron chi connectivity index (χ4n) is 9.52. The number of carbonyl (C=O) groups excluding carboxylic acids is 12. The molecule has 470 valence electrons. The molecule has 2 saturated heterocycles. The number of imide groups is 1. The van der Waals surface area contributed by atoms with Crippen molar-refractivity contribution in [3.8, 4) is 5.75 Å². The first kappa shape index (κ1) is 70.1. The minimum Gasteiger partial charge on any atom is -0.508 e. The van der Waals surface area contributed by atoms with Crippen LogP contribution in [0.2, 0.25) is 0 Å². The lowest BCUT2D eigenvalue weighted by molar-refractivity contribution is -0.141. The van der Waals surface area contributed by atoms with Gasteiger partial charge in [-0.3, -0.25) is 72.2 Å². The van der Waals surface area contributed by atoms with Gasteiger partial charge in [-0.15, -0.1) is 11.8 Å². The van der Waals surface area contributed by atoms with Crippen LogP contribution < -0.4 is 54.4 Å². The number of amides is 10. The number of Topliss-reactive ketones (excluding diaryl/α,β-unsaturated/α-hetero) is 2. The fraction of sp³-hybridized carbons (Fsp3) is 0.552. The zero-order chi connectivity index (χ0) is 63.1. The molecule has 27 nitrogen and oxygen atoms in total. The second-order valence-electron chi connectivity index (χ2n) is 21.2. The number of carboxylic acids is 1. The molecule has 2 heterocycles. The number of unbranched alkanes of at least 4 members (excludes halogenated alkanes) is 4. The van der Waals surface area contributed by atoms with Gasteiger partial charge in [-0.05, 0) is 81.0 Å². The molecule has 0 radical (unpaired) electrons. The Kier molecular flexibility index (Phi) is 30.2. The van der Waals surface area contributed by atoms with Gasteiger partial charge in [0.05, 0.1) is 30.3 Å². The van der Waals surface area contributed by atoms with Crippen molar-refractivity contribution in [1.82, 2.24) is 42.1 Å². The van der Waals surface area contributed by atoms with E-state index in [0.717, 1.165) is 22.2 Å². The number of aromatic hydroxyl groups is 1. The summed E-state index contributed by atoms with van der Waals surface area (Å²) in [6, 6.07) is 8.98. The Hall–Kier alpha value is -8.43. The predicted octanol–water partition coefficient (Wildman–Crippen LogP) is -0.433. The van der Waals surface area contributed by atoms with E-state index in [-0.39, 0.29) is 126 Å². The number of hydrogen-bond acceptors (Lipinski definition) is 16. The predicted molar refractivity (Wildman–Crippen MR) is 316 cm³/mol. The molecule has 10 amide bonds. The maximum atomic E-state index is 14.2. The molecular formula is C58H82N12O15S. The number of phenolic OH excluding ortho intramolecular Hbond substituents is 1. The minimum atomic E-state index is -1.63. The van der Waals surface area contributed by atoms with Gasteiger partial charge in [-0.2, -0.15) is 0 Å². The molecule has 2 aromatic carbocycles. The van der Waals surface area contributed by atoms with E-state index in [4.69, 9.17) is 17.2 Å². The largest absolute Gasteiger partial charge is 0.508 e. The van der Waals surface area contributed by atoms with E-state index in [0.29, 0.717) is 37.7 Å². The van der Waals surface area contributed by atoms with E-state index in [9.17, 15) is 72.5 Å². The Morgan fingerprint density at radius 3 is 2.05 bits per heavy atom. The molecule has 86 heavy (non-hydrogen) atoms. The number of benzene rings is 2. The van der Waals surface area contributed by atoms with Crippen LogP contribution in [0.3, 0.4) is 0 Å². The number of nitrogens with zero attached hydrogens (tertiary/aromatic N) is 2. The summed E-state index contributed by atoms with van der Waals surface area (Å²) in [6.07, 6.45) is 2.65. The lowest BCUT2D eigenvalue weighted by Crippen LogP contribution is -2.54. The van der Waals surface area contributed by atoms with Crippen molar-refractivity contribution in [2.75, 3.05) is 31.9 Å². The maximum Gasteiger partial charge on any atom is 0.305 e. The van der Waals surface area contributed by atoms with Crippen LogP contribution in [-0.2, 0) is 75.2 Å². The number of nitrogens with two attached hydrogens (primary N) is 3. The first-order valence-corrected chi connectivity index (χ1v) is 30.0. The molecule has 2 fully saturated rings. The number of primary amides is 1. The molecule has 4 rings (SSSR count). The van der Waals surface area contributed by atoms with Gasteiger partial charge in [0.15, 0.2) is 17.5 Å². The summed E-state index contributed by atoms with van der Waals surface area (Å²) < 4.78 is 0. The van der Waals surface area contributed by atoms with Gasteiger partial charge in [-0.25, -0.2) is 0 Å². The molecule has 28 heteroatoms. The Labute approximate surface area is 503 Å². The highest BCUT2D eigenvalue weighted by atomic mass is 32.2. The number of ketones is 2. The van der Waals surface area contributed by atoms with Crippen LogP contribution in [0.1, 0.15) is 127 Å².